The van der Waals surface area contributed by atoms with Crippen LogP contribution in [0.15, 0.2) is 90.0 Å². The van der Waals surface area contributed by atoms with Gasteiger partial charge in [-0.05, 0) is 72.9 Å². The summed E-state index contributed by atoms with van der Waals surface area (Å²) in [5.74, 6) is -0.526. The van der Waals surface area contributed by atoms with E-state index in [4.69, 9.17) is 4.74 Å². The van der Waals surface area contributed by atoms with Crippen LogP contribution < -0.4 is 14.8 Å². The Morgan fingerprint density at radius 1 is 1.00 bits per heavy atom. The van der Waals surface area contributed by atoms with E-state index in [9.17, 15) is 23.3 Å². The van der Waals surface area contributed by atoms with Crippen molar-refractivity contribution in [3.63, 3.8) is 0 Å². The van der Waals surface area contributed by atoms with E-state index in [1.165, 1.54) is 12.1 Å². The molecule has 0 aliphatic heterocycles. The van der Waals surface area contributed by atoms with Crippen LogP contribution in [0.4, 0.5) is 0 Å². The molecule has 208 valence electrons. The summed E-state index contributed by atoms with van der Waals surface area (Å²) in [5.41, 5.74) is 1.86. The predicted octanol–water partition coefficient (Wildman–Crippen LogP) is 3.39. The molecule has 0 saturated heterocycles. The topological polar surface area (TPSA) is 141 Å². The molecule has 4 aromatic rings. The van der Waals surface area contributed by atoms with Crippen LogP contribution in [0.3, 0.4) is 0 Å². The van der Waals surface area contributed by atoms with Crippen molar-refractivity contribution in [2.24, 2.45) is 11.8 Å². The second kappa shape index (κ2) is 12.3. The maximum absolute atomic E-state index is 13.2. The molecule has 1 amide bonds. The number of hydrogen-bond acceptors (Lipinski definition) is 6. The van der Waals surface area contributed by atoms with Gasteiger partial charge in [-0.25, -0.2) is 13.1 Å². The Kier molecular flexibility index (Phi) is 8.56. The van der Waals surface area contributed by atoms with E-state index >= 15 is 0 Å². The fourth-order valence-electron chi connectivity index (χ4n) is 4.64. The molecule has 1 fully saturated rings. The van der Waals surface area contributed by atoms with E-state index in [-0.39, 0.29) is 17.9 Å². The van der Waals surface area contributed by atoms with Gasteiger partial charge in [-0.2, -0.15) is 0 Å². The van der Waals surface area contributed by atoms with Gasteiger partial charge in [0, 0.05) is 23.6 Å². The van der Waals surface area contributed by atoms with Gasteiger partial charge in [0.2, 0.25) is 15.9 Å². The molecule has 3 aromatic carbocycles. The number of nitrogens with one attached hydrogen (secondary N) is 3. The average Bonchev–Trinajstić information content (AvgIpc) is 3.64. The first kappa shape index (κ1) is 27.9. The third-order valence-electron chi connectivity index (χ3n) is 7.08. The Labute approximate surface area is 233 Å². The third-order valence-corrected chi connectivity index (χ3v) is 8.52. The van der Waals surface area contributed by atoms with Gasteiger partial charge in [0.25, 0.3) is 0 Å². The Morgan fingerprint density at radius 2 is 1.73 bits per heavy atom. The van der Waals surface area contributed by atoms with Crippen molar-refractivity contribution in [2.75, 3.05) is 6.54 Å². The molecular formula is C29H32BN3O6S. The maximum atomic E-state index is 13.2. The molecule has 9 nitrogen and oxygen atoms in total. The molecule has 0 radical (unpaired) electrons. The smallest absolute Gasteiger partial charge is 0.457 e. The van der Waals surface area contributed by atoms with E-state index in [1.807, 2.05) is 60.8 Å². The molecule has 40 heavy (non-hydrogen) atoms. The molecule has 1 aromatic heterocycles. The number of amides is 1. The maximum Gasteiger partial charge on any atom is 0.475 e. The fourth-order valence-corrected chi connectivity index (χ4v) is 5.72. The molecule has 2 unspecified atom stereocenters. The Balaban J connectivity index is 1.25. The number of fused-ring (bicyclic) bond motifs is 1. The molecule has 1 aliphatic rings. The van der Waals surface area contributed by atoms with E-state index in [2.05, 4.69) is 15.0 Å². The molecule has 1 saturated carbocycles. The van der Waals surface area contributed by atoms with Gasteiger partial charge < -0.3 is 25.1 Å². The van der Waals surface area contributed by atoms with E-state index in [1.54, 1.807) is 12.1 Å². The number of aromatic nitrogens is 1. The van der Waals surface area contributed by atoms with Gasteiger partial charge in [0.05, 0.1) is 16.8 Å². The monoisotopic (exact) mass is 561 g/mol. The normalized spacial score (nSPS) is 14.9. The molecule has 0 bridgehead atoms. The number of H-pyrrole nitrogens is 1. The minimum atomic E-state index is -3.93. The van der Waals surface area contributed by atoms with Crippen LogP contribution in [0.1, 0.15) is 24.8 Å². The van der Waals surface area contributed by atoms with Gasteiger partial charge in [0.1, 0.15) is 11.5 Å². The molecule has 5 rings (SSSR count). The summed E-state index contributed by atoms with van der Waals surface area (Å²) in [6.45, 7) is -0.157. The van der Waals surface area contributed by atoms with Crippen molar-refractivity contribution >= 4 is 34.0 Å². The summed E-state index contributed by atoms with van der Waals surface area (Å²) >= 11 is 0. The van der Waals surface area contributed by atoms with Gasteiger partial charge in [-0.3, -0.25) is 4.79 Å². The van der Waals surface area contributed by atoms with Crippen LogP contribution in [0.2, 0.25) is 0 Å². The highest BCUT2D eigenvalue weighted by Gasteiger charge is 2.34. The minimum Gasteiger partial charge on any atom is -0.457 e. The first-order chi connectivity index (χ1) is 19.3. The molecule has 1 aliphatic carbocycles. The van der Waals surface area contributed by atoms with Crippen molar-refractivity contribution in [1.82, 2.24) is 15.0 Å². The highest BCUT2D eigenvalue weighted by Crippen LogP contribution is 2.33. The second-order valence-electron chi connectivity index (χ2n) is 10.2. The largest absolute Gasteiger partial charge is 0.475 e. The van der Waals surface area contributed by atoms with Crippen LogP contribution in [-0.2, 0) is 21.2 Å². The highest BCUT2D eigenvalue weighted by molar-refractivity contribution is 7.89. The highest BCUT2D eigenvalue weighted by atomic mass is 32.2. The SMILES string of the molecule is O=C(NC(CC1CC1)B(O)O)C(CNS(=O)(=O)c1ccc(Oc2ccc3[nH]ccc3c2)cc1)Cc1ccccc1. The number of hydrogen-bond donors (Lipinski definition) is 5. The summed E-state index contributed by atoms with van der Waals surface area (Å²) in [6, 6.07) is 22.9. The lowest BCUT2D eigenvalue weighted by atomic mass is 9.76. The third kappa shape index (κ3) is 7.31. The van der Waals surface area contributed by atoms with Crippen LogP contribution in [0.25, 0.3) is 10.9 Å². The molecule has 0 spiro atoms. The lowest BCUT2D eigenvalue weighted by Crippen LogP contribution is -2.50. The first-order valence-corrected chi connectivity index (χ1v) is 14.8. The number of sulfonamides is 1. The van der Waals surface area contributed by atoms with Crippen molar-refractivity contribution < 1.29 is 28.0 Å². The van der Waals surface area contributed by atoms with Crippen LogP contribution in [0, 0.1) is 11.8 Å². The lowest BCUT2D eigenvalue weighted by Gasteiger charge is -2.23. The van der Waals surface area contributed by atoms with Crippen molar-refractivity contribution in [2.45, 2.75) is 36.5 Å². The number of carbonyl (C=O) groups is 1. The van der Waals surface area contributed by atoms with E-state index < -0.39 is 34.9 Å². The zero-order valence-electron chi connectivity index (χ0n) is 21.9. The molecular weight excluding hydrogens is 529 g/mol. The first-order valence-electron chi connectivity index (χ1n) is 13.3. The minimum absolute atomic E-state index is 0.0391. The summed E-state index contributed by atoms with van der Waals surface area (Å²) in [6.07, 6.45) is 4.60. The van der Waals surface area contributed by atoms with Gasteiger partial charge in [-0.15, -0.1) is 0 Å². The predicted molar refractivity (Wildman–Crippen MR) is 153 cm³/mol. The second-order valence-corrected chi connectivity index (χ2v) is 12.0. The van der Waals surface area contributed by atoms with Crippen molar-refractivity contribution in [1.29, 1.82) is 0 Å². The summed E-state index contributed by atoms with van der Waals surface area (Å²) in [7, 11) is -5.62. The Morgan fingerprint density at radius 3 is 2.42 bits per heavy atom. The van der Waals surface area contributed by atoms with Gasteiger partial charge in [0.15, 0.2) is 0 Å². The molecule has 5 N–H and O–H groups in total. The Bertz CT molecular complexity index is 1540. The molecule has 2 atom stereocenters. The van der Waals surface area contributed by atoms with Gasteiger partial charge in [-0.1, -0.05) is 43.2 Å². The summed E-state index contributed by atoms with van der Waals surface area (Å²) < 4.78 is 34.7. The lowest BCUT2D eigenvalue weighted by molar-refractivity contribution is -0.125. The molecule has 1 heterocycles. The summed E-state index contributed by atoms with van der Waals surface area (Å²) in [5, 5.41) is 23.3. The number of ether oxygens (including phenoxy) is 1. The van der Waals surface area contributed by atoms with E-state index in [0.29, 0.717) is 23.8 Å². The van der Waals surface area contributed by atoms with Crippen LogP contribution in [0.5, 0.6) is 11.5 Å². The number of rotatable bonds is 13. The van der Waals surface area contributed by atoms with E-state index in [0.717, 1.165) is 29.3 Å². The summed E-state index contributed by atoms with van der Waals surface area (Å²) in [4.78, 5) is 16.4. The number of aromatic amines is 1. The Hall–Kier alpha value is -3.64. The fraction of sp³-hybridized carbons (Fsp3) is 0.276. The molecule has 11 heteroatoms. The zero-order chi connectivity index (χ0) is 28.1. The van der Waals surface area contributed by atoms with Crippen molar-refractivity contribution in [3.8, 4) is 11.5 Å². The standard InChI is InChI=1S/C29H32BN3O6S/c34-29(33-28(30(35)36)17-21-6-7-21)23(16-20-4-2-1-3-5-20)19-32-40(37,38)26-11-8-24(9-12-26)39-25-10-13-27-22(18-25)14-15-31-27/h1-5,8-15,18,21,23,28,31-32,35-36H,6-7,16-17,19H2,(H,33,34). The van der Waals surface area contributed by atoms with Crippen LogP contribution in [-0.4, -0.2) is 49.0 Å². The quantitative estimate of drug-likeness (QED) is 0.159. The number of benzene rings is 3. The average molecular weight is 561 g/mol. The van der Waals surface area contributed by atoms with Crippen LogP contribution >= 0.6 is 0 Å². The van der Waals surface area contributed by atoms with Crippen molar-refractivity contribution in [3.05, 3.63) is 90.6 Å². The number of carbonyl (C=O) groups excluding carboxylic acids is 1. The zero-order valence-corrected chi connectivity index (χ0v) is 22.7. The van der Waals surface area contributed by atoms with Gasteiger partial charge >= 0.3 is 7.12 Å².